The Balaban J connectivity index is 2.11. The van der Waals surface area contributed by atoms with Crippen molar-refractivity contribution in [2.75, 3.05) is 6.54 Å². The van der Waals surface area contributed by atoms with E-state index in [1.807, 2.05) is 19.9 Å². The summed E-state index contributed by atoms with van der Waals surface area (Å²) in [6, 6.07) is 6.65. The number of carbonyl (C=O) groups excluding carboxylic acids is 2. The first-order valence-corrected chi connectivity index (χ1v) is 7.12. The van der Waals surface area contributed by atoms with Crippen molar-refractivity contribution in [2.45, 2.75) is 20.4 Å². The van der Waals surface area contributed by atoms with Gasteiger partial charge < -0.3 is 5.32 Å². The number of nitrogens with zero attached hydrogens (tertiary/aromatic N) is 2. The Morgan fingerprint density at radius 1 is 1.18 bits per heavy atom. The third kappa shape index (κ3) is 3.36. The number of carbonyl (C=O) groups is 2. The van der Waals surface area contributed by atoms with Gasteiger partial charge in [-0.3, -0.25) is 19.2 Å². The number of imidazole rings is 1. The Morgan fingerprint density at radius 3 is 2.45 bits per heavy atom. The van der Waals surface area contributed by atoms with Crippen LogP contribution in [0.15, 0.2) is 29.1 Å². The second-order valence-electron chi connectivity index (χ2n) is 5.57. The number of aryl methyl sites for hydroxylation is 1. The molecule has 1 aromatic heterocycles. The minimum Gasteiger partial charge on any atom is -0.338 e. The summed E-state index contributed by atoms with van der Waals surface area (Å²) in [4.78, 5) is 35.7. The summed E-state index contributed by atoms with van der Waals surface area (Å²) in [5, 5.41) is 4.82. The van der Waals surface area contributed by atoms with Crippen LogP contribution >= 0.6 is 0 Å². The Morgan fingerprint density at radius 2 is 1.82 bits per heavy atom. The highest BCUT2D eigenvalue weighted by molar-refractivity contribution is 5.94. The van der Waals surface area contributed by atoms with Crippen LogP contribution in [-0.2, 0) is 18.4 Å². The van der Waals surface area contributed by atoms with Crippen LogP contribution in [-0.4, -0.2) is 27.6 Å². The summed E-state index contributed by atoms with van der Waals surface area (Å²) in [7, 11) is 1.65. The highest BCUT2D eigenvalue weighted by atomic mass is 16.2. The van der Waals surface area contributed by atoms with E-state index in [2.05, 4.69) is 10.6 Å². The number of benzene rings is 1. The van der Waals surface area contributed by atoms with Crippen molar-refractivity contribution in [3.63, 3.8) is 0 Å². The van der Waals surface area contributed by atoms with Crippen LogP contribution in [0.1, 0.15) is 13.8 Å². The van der Waals surface area contributed by atoms with Gasteiger partial charge in [-0.05, 0) is 18.1 Å². The standard InChI is InChI=1S/C15H20N4O3/c1-10(2)8-16-14(21)17-13(20)9-19-12-7-5-4-6-11(12)18(3)15(19)22/h4-7,10H,8-9H2,1-3H3,(H2,16,17,20,21). The molecule has 0 aliphatic carbocycles. The number of fused-ring (bicyclic) bond motifs is 1. The highest BCUT2D eigenvalue weighted by Gasteiger charge is 2.14. The Bertz CT molecular complexity index is 758. The van der Waals surface area contributed by atoms with Crippen molar-refractivity contribution < 1.29 is 9.59 Å². The zero-order valence-electron chi connectivity index (χ0n) is 12.9. The molecule has 0 fully saturated rings. The maximum atomic E-state index is 12.2. The third-order valence-electron chi connectivity index (χ3n) is 3.28. The first-order chi connectivity index (χ1) is 10.4. The molecule has 0 atom stereocenters. The molecule has 0 unspecified atom stereocenters. The van der Waals surface area contributed by atoms with Gasteiger partial charge in [0.25, 0.3) is 0 Å². The van der Waals surface area contributed by atoms with Crippen molar-refractivity contribution >= 4 is 23.0 Å². The number of imide groups is 1. The van der Waals surface area contributed by atoms with E-state index in [0.717, 1.165) is 5.52 Å². The molecule has 0 aliphatic heterocycles. The Kier molecular flexibility index (Phi) is 4.65. The number of nitrogens with one attached hydrogen (secondary N) is 2. The topological polar surface area (TPSA) is 85.1 Å². The molecule has 3 amide bonds. The van der Waals surface area contributed by atoms with Gasteiger partial charge in [-0.2, -0.15) is 0 Å². The van der Waals surface area contributed by atoms with Crippen molar-refractivity contribution in [1.29, 1.82) is 0 Å². The lowest BCUT2D eigenvalue weighted by Crippen LogP contribution is -2.43. The van der Waals surface area contributed by atoms with Gasteiger partial charge >= 0.3 is 11.7 Å². The van der Waals surface area contributed by atoms with Gasteiger partial charge in [-0.15, -0.1) is 0 Å². The summed E-state index contributed by atoms with van der Waals surface area (Å²) in [5.74, 6) is -0.235. The van der Waals surface area contributed by atoms with Crippen LogP contribution in [0, 0.1) is 5.92 Å². The number of aromatic nitrogens is 2. The Labute approximate surface area is 127 Å². The van der Waals surface area contributed by atoms with Crippen molar-refractivity contribution in [3.8, 4) is 0 Å². The quantitative estimate of drug-likeness (QED) is 0.877. The van der Waals surface area contributed by atoms with Crippen LogP contribution < -0.4 is 16.3 Å². The number of urea groups is 1. The molecule has 2 N–H and O–H groups in total. The maximum Gasteiger partial charge on any atom is 0.329 e. The summed E-state index contributed by atoms with van der Waals surface area (Å²) in [6.07, 6.45) is 0. The lowest BCUT2D eigenvalue weighted by atomic mass is 10.2. The molecule has 1 heterocycles. The minimum atomic E-state index is -0.549. The van der Waals surface area contributed by atoms with E-state index in [9.17, 15) is 14.4 Å². The van der Waals surface area contributed by atoms with Gasteiger partial charge in [0.15, 0.2) is 0 Å². The average molecular weight is 304 g/mol. The molecule has 0 aliphatic rings. The molecule has 118 valence electrons. The molecule has 22 heavy (non-hydrogen) atoms. The van der Waals surface area contributed by atoms with Crippen LogP contribution in [0.3, 0.4) is 0 Å². The van der Waals surface area contributed by atoms with E-state index in [0.29, 0.717) is 18.0 Å². The van der Waals surface area contributed by atoms with Gasteiger partial charge in [0.1, 0.15) is 6.54 Å². The molecule has 7 heteroatoms. The smallest absolute Gasteiger partial charge is 0.329 e. The van der Waals surface area contributed by atoms with Gasteiger partial charge in [0.05, 0.1) is 11.0 Å². The first kappa shape index (κ1) is 15.8. The van der Waals surface area contributed by atoms with Gasteiger partial charge in [-0.1, -0.05) is 26.0 Å². The number of hydrogen-bond donors (Lipinski definition) is 2. The van der Waals surface area contributed by atoms with Crippen molar-refractivity contribution in [3.05, 3.63) is 34.7 Å². The van der Waals surface area contributed by atoms with E-state index in [4.69, 9.17) is 0 Å². The highest BCUT2D eigenvalue weighted by Crippen LogP contribution is 2.10. The summed E-state index contributed by atoms with van der Waals surface area (Å²) < 4.78 is 2.82. The molecule has 7 nitrogen and oxygen atoms in total. The molecule has 1 aromatic carbocycles. The largest absolute Gasteiger partial charge is 0.338 e. The van der Waals surface area contributed by atoms with E-state index < -0.39 is 11.9 Å². The van der Waals surface area contributed by atoms with Crippen LogP contribution in [0.25, 0.3) is 11.0 Å². The van der Waals surface area contributed by atoms with E-state index in [1.165, 1.54) is 9.13 Å². The fraction of sp³-hybridized carbons (Fsp3) is 0.400. The van der Waals surface area contributed by atoms with Gasteiger partial charge in [0.2, 0.25) is 5.91 Å². The second kappa shape index (κ2) is 6.46. The molecule has 0 bridgehead atoms. The average Bonchev–Trinajstić information content (AvgIpc) is 2.71. The minimum absolute atomic E-state index is 0.199. The molecule has 2 rings (SSSR count). The maximum absolute atomic E-state index is 12.2. The lowest BCUT2D eigenvalue weighted by Gasteiger charge is -2.09. The zero-order chi connectivity index (χ0) is 16.3. The first-order valence-electron chi connectivity index (χ1n) is 7.12. The van der Waals surface area contributed by atoms with E-state index in [-0.39, 0.29) is 12.2 Å². The summed E-state index contributed by atoms with van der Waals surface area (Å²) in [5.41, 5.74) is 1.11. The van der Waals surface area contributed by atoms with E-state index >= 15 is 0 Å². The van der Waals surface area contributed by atoms with Gasteiger partial charge in [-0.25, -0.2) is 9.59 Å². The van der Waals surface area contributed by atoms with Gasteiger partial charge in [0, 0.05) is 13.6 Å². The van der Waals surface area contributed by atoms with Crippen molar-refractivity contribution in [2.24, 2.45) is 13.0 Å². The third-order valence-corrected chi connectivity index (χ3v) is 3.28. The SMILES string of the molecule is CC(C)CNC(=O)NC(=O)Cn1c(=O)n(C)c2ccccc21. The predicted octanol–water partition coefficient (Wildman–Crippen LogP) is 0.822. The fourth-order valence-electron chi connectivity index (χ4n) is 2.17. The molecule has 0 spiro atoms. The van der Waals surface area contributed by atoms with Crippen molar-refractivity contribution in [1.82, 2.24) is 19.8 Å². The van der Waals surface area contributed by atoms with E-state index in [1.54, 1.807) is 25.2 Å². The van der Waals surface area contributed by atoms with Crippen LogP contribution in [0.2, 0.25) is 0 Å². The normalized spacial score (nSPS) is 10.9. The lowest BCUT2D eigenvalue weighted by molar-refractivity contribution is -0.120. The number of hydrogen-bond acceptors (Lipinski definition) is 3. The molecule has 0 radical (unpaired) electrons. The Hall–Kier alpha value is -2.57. The molecular weight excluding hydrogens is 284 g/mol. The molecule has 2 aromatic rings. The monoisotopic (exact) mass is 304 g/mol. The summed E-state index contributed by atoms with van der Waals surface area (Å²) >= 11 is 0. The number of amides is 3. The summed E-state index contributed by atoms with van der Waals surface area (Å²) in [6.45, 7) is 4.19. The molecule has 0 saturated carbocycles. The number of para-hydroxylation sites is 2. The zero-order valence-corrected chi connectivity index (χ0v) is 12.9. The number of rotatable bonds is 4. The van der Waals surface area contributed by atoms with Crippen LogP contribution in [0.5, 0.6) is 0 Å². The molecular formula is C15H20N4O3. The predicted molar refractivity (Wildman–Crippen MR) is 83.6 cm³/mol. The van der Waals surface area contributed by atoms with Crippen LogP contribution in [0.4, 0.5) is 4.79 Å². The molecule has 0 saturated heterocycles. The fourth-order valence-corrected chi connectivity index (χ4v) is 2.17. The second-order valence-corrected chi connectivity index (χ2v) is 5.57.